The van der Waals surface area contributed by atoms with Crippen molar-refractivity contribution >= 4 is 18.0 Å². The first-order chi connectivity index (χ1) is 9.19. The minimum absolute atomic E-state index is 0.0917. The topological polar surface area (TPSA) is 78.8 Å². The molecular formula is C15H14N2O2. The van der Waals surface area contributed by atoms with Crippen molar-refractivity contribution in [3.8, 4) is 5.75 Å². The maximum atomic E-state index is 9.18. The zero-order chi connectivity index (χ0) is 13.7. The maximum absolute atomic E-state index is 9.18. The molecule has 0 unspecified atom stereocenters. The lowest BCUT2D eigenvalue weighted by atomic mass is 10.1. The smallest absolute Gasteiger partial charge is 0.170 e. The van der Waals surface area contributed by atoms with E-state index in [4.69, 9.17) is 10.9 Å². The van der Waals surface area contributed by atoms with E-state index in [1.807, 2.05) is 36.4 Å². The van der Waals surface area contributed by atoms with Gasteiger partial charge in [-0.25, -0.2) is 0 Å². The van der Waals surface area contributed by atoms with Crippen LogP contribution in [0.2, 0.25) is 0 Å². The van der Waals surface area contributed by atoms with Crippen molar-refractivity contribution in [2.75, 3.05) is 0 Å². The van der Waals surface area contributed by atoms with E-state index in [0.717, 1.165) is 11.1 Å². The number of phenolic OH excluding ortho intramolecular Hbond substituents is 1. The summed E-state index contributed by atoms with van der Waals surface area (Å²) < 4.78 is 0. The Hall–Kier alpha value is -2.75. The molecule has 2 rings (SSSR count). The Bertz CT molecular complexity index is 599. The molecule has 0 aliphatic carbocycles. The number of hydrogen-bond acceptors (Lipinski definition) is 3. The number of aromatic hydroxyl groups is 1. The van der Waals surface area contributed by atoms with Crippen LogP contribution in [0.3, 0.4) is 0 Å². The molecule has 0 atom stereocenters. The third kappa shape index (κ3) is 3.35. The van der Waals surface area contributed by atoms with Crippen LogP contribution in [0.15, 0.2) is 53.7 Å². The predicted molar refractivity (Wildman–Crippen MR) is 76.0 cm³/mol. The zero-order valence-electron chi connectivity index (χ0n) is 10.2. The van der Waals surface area contributed by atoms with E-state index in [9.17, 15) is 5.11 Å². The van der Waals surface area contributed by atoms with Crippen molar-refractivity contribution in [2.45, 2.75) is 0 Å². The summed E-state index contributed by atoms with van der Waals surface area (Å²) in [4.78, 5) is 0. The highest BCUT2D eigenvalue weighted by Crippen LogP contribution is 2.13. The van der Waals surface area contributed by atoms with Gasteiger partial charge in [-0.05, 0) is 23.3 Å². The Morgan fingerprint density at radius 2 is 1.37 bits per heavy atom. The van der Waals surface area contributed by atoms with Crippen molar-refractivity contribution in [3.63, 3.8) is 0 Å². The maximum Gasteiger partial charge on any atom is 0.170 e. The molecule has 96 valence electrons. The first-order valence-electron chi connectivity index (χ1n) is 5.74. The van der Waals surface area contributed by atoms with Gasteiger partial charge in [0.05, 0.1) is 0 Å². The van der Waals surface area contributed by atoms with Gasteiger partial charge in [0.1, 0.15) is 5.75 Å². The summed E-state index contributed by atoms with van der Waals surface area (Å²) >= 11 is 0. The normalized spacial score (nSPS) is 11.9. The fourth-order valence-corrected chi connectivity index (χ4v) is 1.60. The van der Waals surface area contributed by atoms with Crippen molar-refractivity contribution in [1.82, 2.24) is 0 Å². The van der Waals surface area contributed by atoms with Crippen LogP contribution in [0, 0.1) is 0 Å². The molecule has 0 saturated carbocycles. The highest BCUT2D eigenvalue weighted by Gasteiger charge is 1.97. The van der Waals surface area contributed by atoms with Gasteiger partial charge < -0.3 is 16.0 Å². The lowest BCUT2D eigenvalue weighted by Crippen LogP contribution is -2.12. The molecule has 0 spiro atoms. The number of nitrogens with two attached hydrogens (primary N) is 1. The number of nitrogens with zero attached hydrogens (tertiary/aromatic N) is 1. The summed E-state index contributed by atoms with van der Waals surface area (Å²) in [6.45, 7) is 0. The first kappa shape index (κ1) is 12.7. The van der Waals surface area contributed by atoms with Crippen molar-refractivity contribution in [1.29, 1.82) is 0 Å². The van der Waals surface area contributed by atoms with Crippen LogP contribution in [-0.4, -0.2) is 16.1 Å². The van der Waals surface area contributed by atoms with Gasteiger partial charge in [-0.15, -0.1) is 0 Å². The number of rotatable bonds is 3. The molecule has 4 N–H and O–H groups in total. The second-order valence-corrected chi connectivity index (χ2v) is 4.03. The lowest BCUT2D eigenvalue weighted by molar-refractivity contribution is 0.318. The molecule has 4 nitrogen and oxygen atoms in total. The Kier molecular flexibility index (Phi) is 3.83. The fourth-order valence-electron chi connectivity index (χ4n) is 1.60. The van der Waals surface area contributed by atoms with Gasteiger partial charge in [0.15, 0.2) is 5.84 Å². The van der Waals surface area contributed by atoms with Crippen LogP contribution in [-0.2, 0) is 0 Å². The molecule has 2 aromatic carbocycles. The Labute approximate surface area is 111 Å². The van der Waals surface area contributed by atoms with Gasteiger partial charge in [0.25, 0.3) is 0 Å². The molecule has 0 aliphatic heterocycles. The number of phenols is 1. The summed E-state index contributed by atoms with van der Waals surface area (Å²) in [6, 6.07) is 14.3. The van der Waals surface area contributed by atoms with Crippen molar-refractivity contribution < 1.29 is 10.3 Å². The Morgan fingerprint density at radius 3 is 1.84 bits per heavy atom. The summed E-state index contributed by atoms with van der Waals surface area (Å²) in [5.74, 6) is 0.342. The molecule has 19 heavy (non-hydrogen) atoms. The number of amidine groups is 1. The number of benzene rings is 2. The molecule has 4 heteroatoms. The SMILES string of the molecule is N/C(=N\O)c1ccc(/C=C/c2ccc(O)cc2)cc1. The van der Waals surface area contributed by atoms with Crippen LogP contribution < -0.4 is 5.73 Å². The zero-order valence-corrected chi connectivity index (χ0v) is 10.2. The van der Waals surface area contributed by atoms with Crippen LogP contribution in [0.5, 0.6) is 5.75 Å². The Morgan fingerprint density at radius 1 is 0.895 bits per heavy atom. The van der Waals surface area contributed by atoms with E-state index in [-0.39, 0.29) is 11.6 Å². The van der Waals surface area contributed by atoms with Crippen LogP contribution >= 0.6 is 0 Å². The van der Waals surface area contributed by atoms with E-state index < -0.39 is 0 Å². The second kappa shape index (κ2) is 5.73. The van der Waals surface area contributed by atoms with Gasteiger partial charge in [-0.3, -0.25) is 0 Å². The minimum atomic E-state index is 0.0917. The largest absolute Gasteiger partial charge is 0.508 e. The lowest BCUT2D eigenvalue weighted by Gasteiger charge is -1.99. The first-order valence-corrected chi connectivity index (χ1v) is 5.74. The van der Waals surface area contributed by atoms with E-state index in [0.29, 0.717) is 5.56 Å². The van der Waals surface area contributed by atoms with Gasteiger partial charge >= 0.3 is 0 Å². The van der Waals surface area contributed by atoms with E-state index in [1.54, 1.807) is 24.3 Å². The van der Waals surface area contributed by atoms with E-state index in [1.165, 1.54) is 0 Å². The predicted octanol–water partition coefficient (Wildman–Crippen LogP) is 2.66. The molecule has 0 radical (unpaired) electrons. The van der Waals surface area contributed by atoms with E-state index in [2.05, 4.69) is 5.16 Å². The molecule has 0 amide bonds. The fraction of sp³-hybridized carbons (Fsp3) is 0. The minimum Gasteiger partial charge on any atom is -0.508 e. The average Bonchev–Trinajstić information content (AvgIpc) is 2.46. The molecule has 0 fully saturated rings. The third-order valence-electron chi connectivity index (χ3n) is 2.68. The number of oxime groups is 1. The average molecular weight is 254 g/mol. The van der Waals surface area contributed by atoms with Gasteiger partial charge in [0.2, 0.25) is 0 Å². The molecule has 0 bridgehead atoms. The summed E-state index contributed by atoms with van der Waals surface area (Å²) in [5.41, 5.74) is 8.15. The molecular weight excluding hydrogens is 240 g/mol. The van der Waals surface area contributed by atoms with Gasteiger partial charge in [-0.1, -0.05) is 53.7 Å². The van der Waals surface area contributed by atoms with Gasteiger partial charge in [0, 0.05) is 5.56 Å². The highest BCUT2D eigenvalue weighted by atomic mass is 16.4. The van der Waals surface area contributed by atoms with Crippen LogP contribution in [0.4, 0.5) is 0 Å². The quantitative estimate of drug-likeness (QED) is 0.259. The standard InChI is InChI=1S/C15H14N2O2/c16-15(17-19)13-7-3-11(4-8-13)1-2-12-5-9-14(18)10-6-12/h1-10,18-19H,(H2,16,17)/b2-1+. The molecule has 0 saturated heterocycles. The van der Waals surface area contributed by atoms with Crippen molar-refractivity contribution in [3.05, 3.63) is 65.2 Å². The summed E-state index contributed by atoms with van der Waals surface area (Å²) in [6.07, 6.45) is 3.89. The third-order valence-corrected chi connectivity index (χ3v) is 2.68. The molecule has 0 aliphatic rings. The summed E-state index contributed by atoms with van der Waals surface area (Å²) in [5, 5.41) is 20.7. The highest BCUT2D eigenvalue weighted by molar-refractivity contribution is 5.97. The van der Waals surface area contributed by atoms with Crippen LogP contribution in [0.25, 0.3) is 12.2 Å². The molecule has 2 aromatic rings. The molecule has 0 heterocycles. The monoisotopic (exact) mass is 254 g/mol. The van der Waals surface area contributed by atoms with Crippen LogP contribution in [0.1, 0.15) is 16.7 Å². The second-order valence-electron chi connectivity index (χ2n) is 4.03. The Balaban J connectivity index is 2.13. The van der Waals surface area contributed by atoms with Crippen molar-refractivity contribution in [2.24, 2.45) is 10.9 Å². The number of hydrogen-bond donors (Lipinski definition) is 3. The molecule has 0 aromatic heterocycles. The van der Waals surface area contributed by atoms with E-state index >= 15 is 0 Å². The van der Waals surface area contributed by atoms with Gasteiger partial charge in [-0.2, -0.15) is 0 Å². The summed E-state index contributed by atoms with van der Waals surface area (Å²) in [7, 11) is 0.